The summed E-state index contributed by atoms with van der Waals surface area (Å²) in [7, 11) is -3.82. The number of carbonyl (C=O) groups excluding carboxylic acids is 1. The van der Waals surface area contributed by atoms with E-state index in [0.717, 1.165) is 5.56 Å². The number of hydrogen-bond acceptors (Lipinski definition) is 6. The summed E-state index contributed by atoms with van der Waals surface area (Å²) in [4.78, 5) is 21.8. The number of rotatable bonds is 4. The van der Waals surface area contributed by atoms with Gasteiger partial charge in [-0.25, -0.2) is 13.6 Å². The maximum absolute atomic E-state index is 12.5. The molecule has 1 atom stereocenters. The Hall–Kier alpha value is -2.78. The van der Waals surface area contributed by atoms with Crippen LogP contribution in [0.4, 0.5) is 5.69 Å². The van der Waals surface area contributed by atoms with Crippen LogP contribution in [0, 0.1) is 13.8 Å². The van der Waals surface area contributed by atoms with Gasteiger partial charge in [0.2, 0.25) is 16.1 Å². The molecule has 0 spiro atoms. The lowest BCUT2D eigenvalue weighted by Crippen LogP contribution is -2.28. The second-order valence-corrected chi connectivity index (χ2v) is 7.57. The first-order valence-corrected chi connectivity index (χ1v) is 9.38. The topological polar surface area (TPSA) is 124 Å². The predicted octanol–water partition coefficient (Wildman–Crippen LogP) is 1.48. The smallest absolute Gasteiger partial charge is 0.268 e. The van der Waals surface area contributed by atoms with Crippen molar-refractivity contribution in [2.45, 2.75) is 31.3 Å². The minimum atomic E-state index is -3.82. The van der Waals surface area contributed by atoms with Crippen molar-refractivity contribution >= 4 is 27.3 Å². The summed E-state index contributed by atoms with van der Waals surface area (Å²) in [5, 5.41) is 11.9. The molecule has 26 heavy (non-hydrogen) atoms. The van der Waals surface area contributed by atoms with Crippen molar-refractivity contribution in [1.82, 2.24) is 4.98 Å². The molecule has 2 aromatic rings. The lowest BCUT2D eigenvalue weighted by Gasteiger charge is -2.14. The summed E-state index contributed by atoms with van der Waals surface area (Å²) >= 11 is 0. The van der Waals surface area contributed by atoms with Crippen LogP contribution in [-0.2, 0) is 19.7 Å². The third-order valence-corrected chi connectivity index (χ3v) is 5.10. The van der Waals surface area contributed by atoms with E-state index in [9.17, 15) is 13.2 Å². The number of aromatic nitrogens is 1. The van der Waals surface area contributed by atoms with Gasteiger partial charge in [0.25, 0.3) is 5.91 Å². The van der Waals surface area contributed by atoms with Crippen LogP contribution < -0.4 is 10.5 Å². The molecule has 1 amide bonds. The SMILES string of the molecule is Cc1cc(S(N)(=O)=O)c(C)cc1NC(=O)C1CC(c2cccnc2)=NO1. The van der Waals surface area contributed by atoms with Crippen molar-refractivity contribution in [1.29, 1.82) is 0 Å². The Morgan fingerprint density at radius 3 is 2.73 bits per heavy atom. The fraction of sp³-hybridized carbons (Fsp3) is 0.235. The molecular weight excluding hydrogens is 356 g/mol. The van der Waals surface area contributed by atoms with Crippen molar-refractivity contribution in [3.05, 3.63) is 53.3 Å². The Bertz CT molecular complexity index is 987. The van der Waals surface area contributed by atoms with Gasteiger partial charge < -0.3 is 10.2 Å². The third kappa shape index (κ3) is 3.73. The van der Waals surface area contributed by atoms with E-state index in [-0.39, 0.29) is 10.8 Å². The van der Waals surface area contributed by atoms with E-state index >= 15 is 0 Å². The van der Waals surface area contributed by atoms with E-state index in [1.54, 1.807) is 38.4 Å². The Morgan fingerprint density at radius 1 is 1.31 bits per heavy atom. The molecule has 3 N–H and O–H groups in total. The average molecular weight is 374 g/mol. The summed E-state index contributed by atoms with van der Waals surface area (Å²) in [5.41, 5.74) is 2.98. The fourth-order valence-corrected chi connectivity index (χ4v) is 3.51. The molecule has 0 radical (unpaired) electrons. The highest BCUT2D eigenvalue weighted by molar-refractivity contribution is 7.89. The van der Waals surface area contributed by atoms with Crippen LogP contribution in [0.5, 0.6) is 0 Å². The summed E-state index contributed by atoms with van der Waals surface area (Å²) in [5.74, 6) is -0.363. The van der Waals surface area contributed by atoms with Gasteiger partial charge in [0.15, 0.2) is 0 Å². The maximum atomic E-state index is 12.5. The molecule has 0 saturated heterocycles. The number of hydrogen-bond donors (Lipinski definition) is 2. The molecule has 8 nitrogen and oxygen atoms in total. The van der Waals surface area contributed by atoms with E-state index in [1.807, 2.05) is 6.07 Å². The Morgan fingerprint density at radius 2 is 2.08 bits per heavy atom. The molecule has 1 aromatic heterocycles. The Kier molecular flexibility index (Phi) is 4.75. The second kappa shape index (κ2) is 6.85. The highest BCUT2D eigenvalue weighted by atomic mass is 32.2. The molecule has 0 bridgehead atoms. The molecule has 3 rings (SSSR count). The van der Waals surface area contributed by atoms with Crippen molar-refractivity contribution in [2.24, 2.45) is 10.3 Å². The zero-order chi connectivity index (χ0) is 18.9. The second-order valence-electron chi connectivity index (χ2n) is 6.04. The van der Waals surface area contributed by atoms with Gasteiger partial charge in [-0.3, -0.25) is 9.78 Å². The third-order valence-electron chi connectivity index (χ3n) is 4.04. The molecular formula is C17H18N4O4S. The quantitative estimate of drug-likeness (QED) is 0.839. The van der Waals surface area contributed by atoms with Crippen molar-refractivity contribution in [3.8, 4) is 0 Å². The average Bonchev–Trinajstić information content (AvgIpc) is 3.08. The van der Waals surface area contributed by atoms with Gasteiger partial charge >= 0.3 is 0 Å². The Labute approximate surface area is 151 Å². The molecule has 0 aliphatic carbocycles. The van der Waals surface area contributed by atoms with Crippen LogP contribution in [0.15, 0.2) is 46.7 Å². The number of primary sulfonamides is 1. The zero-order valence-corrected chi connectivity index (χ0v) is 15.1. The van der Waals surface area contributed by atoms with Crippen LogP contribution in [0.25, 0.3) is 0 Å². The summed E-state index contributed by atoms with van der Waals surface area (Å²) in [6, 6.07) is 6.64. The number of carbonyl (C=O) groups is 1. The van der Waals surface area contributed by atoms with Crippen molar-refractivity contribution in [3.63, 3.8) is 0 Å². The molecule has 1 aromatic carbocycles. The van der Waals surface area contributed by atoms with E-state index < -0.39 is 16.1 Å². The number of benzene rings is 1. The molecule has 1 aliphatic heterocycles. The number of nitrogens with zero attached hydrogens (tertiary/aromatic N) is 2. The highest BCUT2D eigenvalue weighted by Gasteiger charge is 2.29. The van der Waals surface area contributed by atoms with E-state index in [0.29, 0.717) is 28.9 Å². The number of nitrogens with two attached hydrogens (primary N) is 1. The van der Waals surface area contributed by atoms with Gasteiger partial charge in [-0.15, -0.1) is 0 Å². The molecule has 136 valence electrons. The van der Waals surface area contributed by atoms with Crippen LogP contribution in [0.1, 0.15) is 23.1 Å². The van der Waals surface area contributed by atoms with Gasteiger partial charge in [0.1, 0.15) is 0 Å². The molecule has 0 fully saturated rings. The maximum Gasteiger partial charge on any atom is 0.268 e. The molecule has 1 unspecified atom stereocenters. The number of oxime groups is 1. The lowest BCUT2D eigenvalue weighted by molar-refractivity contribution is -0.125. The molecule has 0 saturated carbocycles. The standard InChI is InChI=1S/C17H18N4O4S/c1-10-7-16(26(18,23)24)11(2)6-13(10)20-17(22)15-8-14(21-25-15)12-4-3-5-19-9-12/h3-7,9,15H,8H2,1-2H3,(H,20,22)(H2,18,23,24). The van der Waals surface area contributed by atoms with Gasteiger partial charge in [0.05, 0.1) is 10.6 Å². The van der Waals surface area contributed by atoms with Gasteiger partial charge in [-0.05, 0) is 49.2 Å². The number of amides is 1. The number of sulfonamides is 1. The van der Waals surface area contributed by atoms with Crippen LogP contribution >= 0.6 is 0 Å². The van der Waals surface area contributed by atoms with Gasteiger partial charge in [-0.1, -0.05) is 5.16 Å². The van der Waals surface area contributed by atoms with Gasteiger partial charge in [0, 0.05) is 30.1 Å². The zero-order valence-electron chi connectivity index (χ0n) is 14.3. The highest BCUT2D eigenvalue weighted by Crippen LogP contribution is 2.24. The van der Waals surface area contributed by atoms with Crippen molar-refractivity contribution in [2.75, 3.05) is 5.32 Å². The van der Waals surface area contributed by atoms with Gasteiger partial charge in [-0.2, -0.15) is 0 Å². The first-order chi connectivity index (χ1) is 12.3. The monoisotopic (exact) mass is 374 g/mol. The van der Waals surface area contributed by atoms with Crippen molar-refractivity contribution < 1.29 is 18.0 Å². The first kappa shape index (κ1) is 18.0. The van der Waals surface area contributed by atoms with E-state index in [1.165, 1.54) is 6.07 Å². The van der Waals surface area contributed by atoms with E-state index in [4.69, 9.17) is 9.98 Å². The predicted molar refractivity (Wildman–Crippen MR) is 96.2 cm³/mol. The number of pyridine rings is 1. The number of aryl methyl sites for hydroxylation is 2. The van der Waals surface area contributed by atoms with Crippen LogP contribution in [-0.4, -0.2) is 31.1 Å². The summed E-state index contributed by atoms with van der Waals surface area (Å²) in [6.07, 6.45) is 2.87. The minimum absolute atomic E-state index is 0.0345. The molecule has 1 aliphatic rings. The first-order valence-electron chi connectivity index (χ1n) is 7.83. The fourth-order valence-electron chi connectivity index (χ4n) is 2.67. The number of anilines is 1. The Balaban J connectivity index is 1.73. The van der Waals surface area contributed by atoms with E-state index in [2.05, 4.69) is 15.5 Å². The lowest BCUT2D eigenvalue weighted by atomic mass is 10.1. The number of nitrogens with one attached hydrogen (secondary N) is 1. The van der Waals surface area contributed by atoms with Crippen LogP contribution in [0.3, 0.4) is 0 Å². The normalized spacial score (nSPS) is 16.7. The summed E-state index contributed by atoms with van der Waals surface area (Å²) < 4.78 is 23.1. The molecule has 2 heterocycles. The summed E-state index contributed by atoms with van der Waals surface area (Å²) in [6.45, 7) is 3.31. The minimum Gasteiger partial charge on any atom is -0.382 e. The van der Waals surface area contributed by atoms with Crippen LogP contribution in [0.2, 0.25) is 0 Å². The largest absolute Gasteiger partial charge is 0.382 e. The molecule has 9 heteroatoms.